The van der Waals surface area contributed by atoms with Gasteiger partial charge in [0.2, 0.25) is 10.0 Å². The second kappa shape index (κ2) is 5.89. The number of carbonyl (C=O) groups is 1. The molecule has 0 radical (unpaired) electrons. The minimum atomic E-state index is -3.11. The average molecular weight is 259 g/mol. The lowest BCUT2D eigenvalue weighted by Gasteiger charge is -2.30. The molecule has 17 heavy (non-hydrogen) atoms. The first-order chi connectivity index (χ1) is 7.93. The predicted molar refractivity (Wildman–Crippen MR) is 64.8 cm³/mol. The van der Waals surface area contributed by atoms with Crippen molar-refractivity contribution in [2.24, 2.45) is 0 Å². The van der Waals surface area contributed by atoms with E-state index in [1.807, 2.05) is 0 Å². The van der Waals surface area contributed by atoms with Crippen molar-refractivity contribution in [3.05, 3.63) is 0 Å². The van der Waals surface area contributed by atoms with Gasteiger partial charge in [-0.15, -0.1) is 6.42 Å². The Labute approximate surface area is 102 Å². The molecular formula is C10H17N3O3S. The van der Waals surface area contributed by atoms with Crippen LogP contribution in [0.3, 0.4) is 0 Å². The fourth-order valence-electron chi connectivity index (χ4n) is 1.70. The number of terminal acetylenes is 1. The summed E-state index contributed by atoms with van der Waals surface area (Å²) in [6.45, 7) is 1.08. The number of hydrogen-bond acceptors (Lipinski definition) is 3. The van der Waals surface area contributed by atoms with Gasteiger partial charge in [-0.1, -0.05) is 5.92 Å². The Morgan fingerprint density at radius 2 is 2.06 bits per heavy atom. The highest BCUT2D eigenvalue weighted by atomic mass is 32.2. The molecule has 0 aliphatic carbocycles. The Balaban J connectivity index is 2.33. The van der Waals surface area contributed by atoms with Crippen molar-refractivity contribution in [1.82, 2.24) is 14.9 Å². The number of rotatable bonds is 3. The van der Waals surface area contributed by atoms with E-state index in [9.17, 15) is 13.2 Å². The van der Waals surface area contributed by atoms with Crippen LogP contribution < -0.4 is 10.6 Å². The van der Waals surface area contributed by atoms with Crippen molar-refractivity contribution in [3.63, 3.8) is 0 Å². The molecule has 1 aliphatic heterocycles. The third-order valence-corrected chi connectivity index (χ3v) is 3.91. The Kier molecular flexibility index (Phi) is 4.78. The number of hydrogen-bond donors (Lipinski definition) is 2. The lowest BCUT2D eigenvalue weighted by Crippen LogP contribution is -2.48. The maximum Gasteiger partial charge on any atom is 0.315 e. The van der Waals surface area contributed by atoms with Gasteiger partial charge in [0.25, 0.3) is 0 Å². The molecule has 0 aromatic rings. The lowest BCUT2D eigenvalue weighted by molar-refractivity contribution is 0.229. The van der Waals surface area contributed by atoms with Crippen LogP contribution in [0, 0.1) is 12.3 Å². The van der Waals surface area contributed by atoms with Crippen molar-refractivity contribution in [2.75, 3.05) is 25.9 Å². The van der Waals surface area contributed by atoms with E-state index in [1.165, 1.54) is 10.6 Å². The van der Waals surface area contributed by atoms with Gasteiger partial charge in [0.15, 0.2) is 0 Å². The van der Waals surface area contributed by atoms with Crippen molar-refractivity contribution >= 4 is 16.1 Å². The standard InChI is InChI=1S/C10H17N3O3S/c1-3-6-11-10(14)12-9-4-7-13(8-5-9)17(2,15)16/h1,9H,4-8H2,2H3,(H2,11,12,14). The van der Waals surface area contributed by atoms with Gasteiger partial charge >= 0.3 is 6.03 Å². The summed E-state index contributed by atoms with van der Waals surface area (Å²) in [5.74, 6) is 2.30. The van der Waals surface area contributed by atoms with Crippen LogP contribution in [0.5, 0.6) is 0 Å². The fraction of sp³-hybridized carbons (Fsp3) is 0.700. The minimum absolute atomic E-state index is 0.00535. The van der Waals surface area contributed by atoms with Gasteiger partial charge in [-0.2, -0.15) is 0 Å². The molecule has 0 saturated carbocycles. The average Bonchev–Trinajstić information content (AvgIpc) is 2.26. The first-order valence-electron chi connectivity index (χ1n) is 5.36. The molecule has 1 aliphatic rings. The zero-order valence-corrected chi connectivity index (χ0v) is 10.6. The molecule has 1 saturated heterocycles. The maximum atomic E-state index is 11.3. The summed E-state index contributed by atoms with van der Waals surface area (Å²) < 4.78 is 23.9. The van der Waals surface area contributed by atoms with Gasteiger partial charge in [-0.05, 0) is 12.8 Å². The molecule has 1 heterocycles. The monoisotopic (exact) mass is 259 g/mol. The van der Waals surface area contributed by atoms with Crippen LogP contribution in [0.4, 0.5) is 4.79 Å². The molecule has 0 unspecified atom stereocenters. The van der Waals surface area contributed by atoms with E-state index in [2.05, 4.69) is 16.6 Å². The highest BCUT2D eigenvalue weighted by Crippen LogP contribution is 2.12. The molecule has 2 amide bonds. The number of urea groups is 1. The number of nitrogens with one attached hydrogen (secondary N) is 2. The van der Waals surface area contributed by atoms with Crippen LogP contribution in [0.1, 0.15) is 12.8 Å². The van der Waals surface area contributed by atoms with Crippen LogP contribution in [0.25, 0.3) is 0 Å². The summed E-state index contributed by atoms with van der Waals surface area (Å²) >= 11 is 0. The highest BCUT2D eigenvalue weighted by molar-refractivity contribution is 7.88. The van der Waals surface area contributed by atoms with Crippen LogP contribution in [0.15, 0.2) is 0 Å². The Hall–Kier alpha value is -1.26. The molecule has 2 N–H and O–H groups in total. The topological polar surface area (TPSA) is 78.5 Å². The molecule has 0 aromatic heterocycles. The highest BCUT2D eigenvalue weighted by Gasteiger charge is 2.25. The van der Waals surface area contributed by atoms with Gasteiger partial charge in [0.1, 0.15) is 0 Å². The predicted octanol–water partition coefficient (Wildman–Crippen LogP) is -0.657. The van der Waals surface area contributed by atoms with E-state index < -0.39 is 10.0 Å². The minimum Gasteiger partial charge on any atom is -0.335 e. The summed E-state index contributed by atoms with van der Waals surface area (Å²) in [5.41, 5.74) is 0. The van der Waals surface area contributed by atoms with E-state index in [0.717, 1.165) is 0 Å². The molecule has 7 heteroatoms. The van der Waals surface area contributed by atoms with Crippen LogP contribution in [0.2, 0.25) is 0 Å². The van der Waals surface area contributed by atoms with E-state index >= 15 is 0 Å². The lowest BCUT2D eigenvalue weighted by atomic mass is 10.1. The zero-order chi connectivity index (χ0) is 12.9. The van der Waals surface area contributed by atoms with E-state index in [1.54, 1.807) is 0 Å². The number of sulfonamides is 1. The molecule has 1 fully saturated rings. The number of nitrogens with zero attached hydrogens (tertiary/aromatic N) is 1. The summed E-state index contributed by atoms with van der Waals surface area (Å²) in [6.07, 6.45) is 7.45. The zero-order valence-electron chi connectivity index (χ0n) is 9.77. The van der Waals surface area contributed by atoms with E-state index in [-0.39, 0.29) is 18.6 Å². The Morgan fingerprint density at radius 3 is 2.53 bits per heavy atom. The molecule has 96 valence electrons. The van der Waals surface area contributed by atoms with Gasteiger partial charge in [-0.25, -0.2) is 17.5 Å². The summed E-state index contributed by atoms with van der Waals surface area (Å²) in [4.78, 5) is 11.3. The first kappa shape index (κ1) is 13.8. The van der Waals surface area contributed by atoms with Gasteiger partial charge < -0.3 is 10.6 Å². The normalized spacial score (nSPS) is 18.4. The van der Waals surface area contributed by atoms with Crippen molar-refractivity contribution in [3.8, 4) is 12.3 Å². The Morgan fingerprint density at radius 1 is 1.47 bits per heavy atom. The van der Waals surface area contributed by atoms with Crippen LogP contribution >= 0.6 is 0 Å². The Bertz CT molecular complexity index is 405. The number of amides is 2. The molecule has 6 nitrogen and oxygen atoms in total. The van der Waals surface area contributed by atoms with Crippen molar-refractivity contribution in [1.29, 1.82) is 0 Å². The van der Waals surface area contributed by atoms with Crippen LogP contribution in [-0.2, 0) is 10.0 Å². The van der Waals surface area contributed by atoms with E-state index in [0.29, 0.717) is 25.9 Å². The summed E-state index contributed by atoms with van der Waals surface area (Å²) in [5, 5.41) is 5.26. The quantitative estimate of drug-likeness (QED) is 0.661. The molecule has 0 atom stereocenters. The molecule has 0 spiro atoms. The SMILES string of the molecule is C#CCNC(=O)NC1CCN(S(C)(=O)=O)CC1. The second-order valence-corrected chi connectivity index (χ2v) is 5.95. The van der Waals surface area contributed by atoms with Crippen molar-refractivity contribution < 1.29 is 13.2 Å². The molecular weight excluding hydrogens is 242 g/mol. The molecule has 1 rings (SSSR count). The third-order valence-electron chi connectivity index (χ3n) is 2.61. The number of piperidine rings is 1. The van der Waals surface area contributed by atoms with Crippen molar-refractivity contribution in [2.45, 2.75) is 18.9 Å². The summed E-state index contributed by atoms with van der Waals surface area (Å²) in [6, 6.07) is -0.300. The number of carbonyl (C=O) groups excluding carboxylic acids is 1. The fourth-order valence-corrected chi connectivity index (χ4v) is 2.57. The van der Waals surface area contributed by atoms with Gasteiger partial charge in [0, 0.05) is 19.1 Å². The van der Waals surface area contributed by atoms with Crippen LogP contribution in [-0.4, -0.2) is 50.7 Å². The summed E-state index contributed by atoms with van der Waals surface area (Å²) in [7, 11) is -3.11. The maximum absolute atomic E-state index is 11.3. The van der Waals surface area contributed by atoms with E-state index in [4.69, 9.17) is 6.42 Å². The smallest absolute Gasteiger partial charge is 0.315 e. The first-order valence-corrected chi connectivity index (χ1v) is 7.21. The molecule has 0 aromatic carbocycles. The largest absolute Gasteiger partial charge is 0.335 e. The molecule has 0 bridgehead atoms. The second-order valence-electron chi connectivity index (χ2n) is 3.97. The van der Waals surface area contributed by atoms with Gasteiger partial charge in [-0.3, -0.25) is 0 Å². The van der Waals surface area contributed by atoms with Gasteiger partial charge in [0.05, 0.1) is 12.8 Å². The third kappa shape index (κ3) is 4.63.